The lowest BCUT2D eigenvalue weighted by molar-refractivity contribution is -0.141. The van der Waals surface area contributed by atoms with E-state index in [0.29, 0.717) is 25.0 Å². The maximum Gasteiger partial charge on any atom is 0.306 e. The maximum absolute atomic E-state index is 12.0. The summed E-state index contributed by atoms with van der Waals surface area (Å²) in [5.41, 5.74) is 0.0431. The number of carbonyl (C=O) groups excluding carboxylic acids is 1. The number of nitrogens with one attached hydrogen (secondary N) is 1. The van der Waals surface area contributed by atoms with Gasteiger partial charge >= 0.3 is 5.97 Å². The van der Waals surface area contributed by atoms with Crippen molar-refractivity contribution < 1.29 is 19.2 Å². The number of hydrogen-bond donors (Lipinski definition) is 2. The van der Waals surface area contributed by atoms with Gasteiger partial charge in [-0.15, -0.1) is 0 Å². The van der Waals surface area contributed by atoms with E-state index in [1.54, 1.807) is 6.07 Å². The van der Waals surface area contributed by atoms with Gasteiger partial charge in [0.1, 0.15) is 5.76 Å². The van der Waals surface area contributed by atoms with Crippen molar-refractivity contribution in [3.8, 4) is 0 Å². The highest BCUT2D eigenvalue weighted by Gasteiger charge is 2.31. The molecule has 0 unspecified atom stereocenters. The van der Waals surface area contributed by atoms with E-state index < -0.39 is 5.97 Å². The predicted octanol–water partition coefficient (Wildman–Crippen LogP) is 1.96. The fraction of sp³-hybridized carbons (Fsp3) is 0.643. The summed E-state index contributed by atoms with van der Waals surface area (Å²) in [4.78, 5) is 22.9. The van der Waals surface area contributed by atoms with Crippen LogP contribution in [0.15, 0.2) is 10.6 Å². The van der Waals surface area contributed by atoms with Crippen molar-refractivity contribution in [2.24, 2.45) is 5.92 Å². The maximum atomic E-state index is 12.0. The summed E-state index contributed by atoms with van der Waals surface area (Å²) < 4.78 is 5.17. The van der Waals surface area contributed by atoms with Gasteiger partial charge in [-0.1, -0.05) is 25.9 Å². The first-order valence-electron chi connectivity index (χ1n) is 6.78. The molecule has 6 nitrogen and oxygen atoms in total. The van der Waals surface area contributed by atoms with Crippen molar-refractivity contribution in [3.63, 3.8) is 0 Å². The molecule has 0 aliphatic heterocycles. The molecule has 110 valence electrons. The van der Waals surface area contributed by atoms with E-state index in [2.05, 4.69) is 10.5 Å². The van der Waals surface area contributed by atoms with E-state index >= 15 is 0 Å². The van der Waals surface area contributed by atoms with Crippen LogP contribution in [0.3, 0.4) is 0 Å². The summed E-state index contributed by atoms with van der Waals surface area (Å²) in [6, 6.07) is 1.54. The molecule has 1 aromatic heterocycles. The molecule has 1 saturated carbocycles. The Morgan fingerprint density at radius 2 is 2.10 bits per heavy atom. The van der Waals surface area contributed by atoms with Crippen molar-refractivity contribution >= 4 is 11.9 Å². The Labute approximate surface area is 117 Å². The van der Waals surface area contributed by atoms with E-state index in [9.17, 15) is 9.59 Å². The highest BCUT2D eigenvalue weighted by atomic mass is 16.5. The molecule has 0 aromatic carbocycles. The van der Waals surface area contributed by atoms with Crippen LogP contribution in [0.1, 0.15) is 56.3 Å². The molecule has 0 bridgehead atoms. The standard InChI is InChI=1S/C14H20N2O4/c1-14(2,3)11-7-10(16-20-11)12(17)15-9-5-4-8(6-9)13(18)19/h7-9H,4-6H2,1-3H3,(H,15,17)(H,18,19)/t8-,9+/m1/s1. The van der Waals surface area contributed by atoms with Gasteiger partial charge < -0.3 is 14.9 Å². The SMILES string of the molecule is CC(C)(C)c1cc(C(=O)N[C@H]2CC[C@@H](C(=O)O)C2)no1. The second-order valence-corrected chi connectivity index (χ2v) is 6.35. The molecule has 6 heteroatoms. The summed E-state index contributed by atoms with van der Waals surface area (Å²) in [6.45, 7) is 5.93. The first-order chi connectivity index (χ1) is 9.27. The fourth-order valence-corrected chi connectivity index (χ4v) is 2.33. The summed E-state index contributed by atoms with van der Waals surface area (Å²) >= 11 is 0. The lowest BCUT2D eigenvalue weighted by Gasteiger charge is -2.12. The van der Waals surface area contributed by atoms with Gasteiger partial charge in [0.15, 0.2) is 5.69 Å². The molecule has 1 amide bonds. The molecule has 0 spiro atoms. The van der Waals surface area contributed by atoms with Gasteiger partial charge in [-0.25, -0.2) is 0 Å². The van der Waals surface area contributed by atoms with Crippen LogP contribution in [-0.2, 0) is 10.2 Å². The van der Waals surface area contributed by atoms with E-state index in [1.165, 1.54) is 0 Å². The minimum Gasteiger partial charge on any atom is -0.481 e. The van der Waals surface area contributed by atoms with Crippen LogP contribution in [0.5, 0.6) is 0 Å². The molecular formula is C14H20N2O4. The number of carboxylic acids is 1. The fourth-order valence-electron chi connectivity index (χ4n) is 2.33. The third kappa shape index (κ3) is 3.18. The number of amides is 1. The second-order valence-electron chi connectivity index (χ2n) is 6.35. The Balaban J connectivity index is 1.96. The van der Waals surface area contributed by atoms with Crippen LogP contribution in [0.25, 0.3) is 0 Å². The number of aliphatic carboxylic acids is 1. The molecule has 1 heterocycles. The van der Waals surface area contributed by atoms with Crippen LogP contribution >= 0.6 is 0 Å². The van der Waals surface area contributed by atoms with Gasteiger partial charge in [0, 0.05) is 17.5 Å². The van der Waals surface area contributed by atoms with Gasteiger partial charge in [-0.05, 0) is 19.3 Å². The van der Waals surface area contributed by atoms with Gasteiger partial charge in [-0.3, -0.25) is 9.59 Å². The summed E-state index contributed by atoms with van der Waals surface area (Å²) in [6.07, 6.45) is 1.77. The molecule has 2 atom stereocenters. The molecule has 2 N–H and O–H groups in total. The van der Waals surface area contributed by atoms with Crippen LogP contribution in [-0.4, -0.2) is 28.2 Å². The highest BCUT2D eigenvalue weighted by Crippen LogP contribution is 2.26. The normalized spacial score (nSPS) is 22.8. The molecule has 1 aliphatic rings. The van der Waals surface area contributed by atoms with E-state index in [-0.39, 0.29) is 29.0 Å². The Kier molecular flexibility index (Phi) is 3.83. The van der Waals surface area contributed by atoms with Gasteiger partial charge in [0.25, 0.3) is 5.91 Å². The van der Waals surface area contributed by atoms with Crippen molar-refractivity contribution in [2.45, 2.75) is 51.5 Å². The molecular weight excluding hydrogens is 260 g/mol. The summed E-state index contributed by atoms with van der Waals surface area (Å²) in [5.74, 6) is -0.807. The molecule has 20 heavy (non-hydrogen) atoms. The van der Waals surface area contributed by atoms with Crippen molar-refractivity contribution in [2.75, 3.05) is 0 Å². The lowest BCUT2D eigenvalue weighted by atomic mass is 9.93. The number of hydrogen-bond acceptors (Lipinski definition) is 4. The average Bonchev–Trinajstić information content (AvgIpc) is 2.95. The van der Waals surface area contributed by atoms with Crippen molar-refractivity contribution in [1.82, 2.24) is 10.5 Å². The Morgan fingerprint density at radius 3 is 2.60 bits per heavy atom. The summed E-state index contributed by atoms with van der Waals surface area (Å²) in [7, 11) is 0. The number of carbonyl (C=O) groups is 2. The van der Waals surface area contributed by atoms with E-state index in [1.807, 2.05) is 20.8 Å². The quantitative estimate of drug-likeness (QED) is 0.882. The molecule has 1 aliphatic carbocycles. The molecule has 1 fully saturated rings. The Hall–Kier alpha value is -1.85. The van der Waals surface area contributed by atoms with Gasteiger partial charge in [0.2, 0.25) is 0 Å². The largest absolute Gasteiger partial charge is 0.481 e. The lowest BCUT2D eigenvalue weighted by Crippen LogP contribution is -2.33. The molecule has 0 radical (unpaired) electrons. The predicted molar refractivity (Wildman–Crippen MR) is 71.4 cm³/mol. The minimum atomic E-state index is -0.793. The van der Waals surface area contributed by atoms with Crippen LogP contribution in [0.4, 0.5) is 0 Å². The zero-order valence-corrected chi connectivity index (χ0v) is 12.0. The molecule has 1 aromatic rings. The van der Waals surface area contributed by atoms with Crippen LogP contribution in [0, 0.1) is 5.92 Å². The number of aromatic nitrogens is 1. The monoisotopic (exact) mass is 280 g/mol. The second kappa shape index (κ2) is 5.26. The van der Waals surface area contributed by atoms with E-state index in [4.69, 9.17) is 9.63 Å². The smallest absolute Gasteiger partial charge is 0.306 e. The first kappa shape index (κ1) is 14.6. The van der Waals surface area contributed by atoms with Gasteiger partial charge in [0.05, 0.1) is 5.92 Å². The Bertz CT molecular complexity index is 515. The number of carboxylic acid groups (broad SMARTS) is 1. The topological polar surface area (TPSA) is 92.4 Å². The molecule has 0 saturated heterocycles. The first-order valence-corrected chi connectivity index (χ1v) is 6.78. The summed E-state index contributed by atoms with van der Waals surface area (Å²) in [5, 5.41) is 15.5. The number of nitrogens with zero attached hydrogens (tertiary/aromatic N) is 1. The zero-order chi connectivity index (χ0) is 14.9. The molecule has 2 rings (SSSR count). The van der Waals surface area contributed by atoms with E-state index in [0.717, 1.165) is 0 Å². The van der Waals surface area contributed by atoms with Crippen LogP contribution in [0.2, 0.25) is 0 Å². The third-order valence-electron chi connectivity index (χ3n) is 3.60. The van der Waals surface area contributed by atoms with Crippen molar-refractivity contribution in [1.29, 1.82) is 0 Å². The zero-order valence-electron chi connectivity index (χ0n) is 12.0. The van der Waals surface area contributed by atoms with Crippen LogP contribution < -0.4 is 5.32 Å². The van der Waals surface area contributed by atoms with Crippen molar-refractivity contribution in [3.05, 3.63) is 17.5 Å². The Morgan fingerprint density at radius 1 is 1.40 bits per heavy atom. The number of rotatable bonds is 3. The minimum absolute atomic E-state index is 0.0987. The average molecular weight is 280 g/mol. The highest BCUT2D eigenvalue weighted by molar-refractivity contribution is 5.92. The van der Waals surface area contributed by atoms with Gasteiger partial charge in [-0.2, -0.15) is 0 Å². The third-order valence-corrected chi connectivity index (χ3v) is 3.60.